The predicted molar refractivity (Wildman–Crippen MR) is 78.6 cm³/mol. The Morgan fingerprint density at radius 2 is 2.33 bits per heavy atom. The number of benzene rings is 1. The fourth-order valence-corrected chi connectivity index (χ4v) is 3.06. The summed E-state index contributed by atoms with van der Waals surface area (Å²) in [4.78, 5) is 14.1. The van der Waals surface area contributed by atoms with Crippen LogP contribution in [-0.2, 0) is 0 Å². The van der Waals surface area contributed by atoms with Crippen molar-refractivity contribution in [2.75, 3.05) is 11.9 Å². The van der Waals surface area contributed by atoms with E-state index in [-0.39, 0.29) is 17.9 Å². The standard InChI is InChI=1S/C14H15FN4OS/c15-11-5-3-4-10(8-11)12-6-1-2-7-19(12)14(20)17-13-18-16-9-21-13/h3-5,8-9,12H,1-2,6-7H2,(H,17,18,20)/t12-/m0/s1. The Labute approximate surface area is 125 Å². The zero-order valence-electron chi connectivity index (χ0n) is 11.3. The molecule has 1 N–H and O–H groups in total. The number of amides is 2. The molecule has 3 rings (SSSR count). The maximum Gasteiger partial charge on any atom is 0.324 e. The first kappa shape index (κ1) is 13.9. The summed E-state index contributed by atoms with van der Waals surface area (Å²) in [5.41, 5.74) is 2.40. The second-order valence-electron chi connectivity index (χ2n) is 4.93. The van der Waals surface area contributed by atoms with E-state index >= 15 is 0 Å². The van der Waals surface area contributed by atoms with E-state index in [1.807, 2.05) is 6.07 Å². The Bertz CT molecular complexity index is 619. The number of hydrogen-bond donors (Lipinski definition) is 1. The molecule has 110 valence electrons. The summed E-state index contributed by atoms with van der Waals surface area (Å²) < 4.78 is 13.4. The number of hydrogen-bond acceptors (Lipinski definition) is 4. The lowest BCUT2D eigenvalue weighted by atomic mass is 9.95. The quantitative estimate of drug-likeness (QED) is 0.924. The fraction of sp³-hybridized carbons (Fsp3) is 0.357. The van der Waals surface area contributed by atoms with E-state index in [1.54, 1.807) is 16.5 Å². The summed E-state index contributed by atoms with van der Waals surface area (Å²) in [7, 11) is 0. The predicted octanol–water partition coefficient (Wildman–Crippen LogP) is 3.44. The van der Waals surface area contributed by atoms with Crippen LogP contribution in [0.2, 0.25) is 0 Å². The molecule has 2 aromatic rings. The first-order valence-corrected chi connectivity index (χ1v) is 7.71. The lowest BCUT2D eigenvalue weighted by Gasteiger charge is -2.35. The van der Waals surface area contributed by atoms with E-state index in [1.165, 1.54) is 23.5 Å². The summed E-state index contributed by atoms with van der Waals surface area (Å²) in [5, 5.41) is 10.7. The van der Waals surface area contributed by atoms with Gasteiger partial charge in [0.2, 0.25) is 5.13 Å². The molecule has 0 spiro atoms. The van der Waals surface area contributed by atoms with Crippen LogP contribution in [0.3, 0.4) is 0 Å². The van der Waals surface area contributed by atoms with Crippen LogP contribution in [0, 0.1) is 5.82 Å². The molecule has 5 nitrogen and oxygen atoms in total. The Balaban J connectivity index is 1.79. The molecule has 0 aliphatic carbocycles. The van der Waals surface area contributed by atoms with Crippen molar-refractivity contribution in [3.05, 3.63) is 41.2 Å². The van der Waals surface area contributed by atoms with E-state index in [2.05, 4.69) is 15.5 Å². The Hall–Kier alpha value is -2.02. The van der Waals surface area contributed by atoms with Gasteiger partial charge in [-0.05, 0) is 37.0 Å². The first-order valence-electron chi connectivity index (χ1n) is 6.83. The van der Waals surface area contributed by atoms with Crippen LogP contribution in [0.25, 0.3) is 0 Å². The highest BCUT2D eigenvalue weighted by molar-refractivity contribution is 7.13. The smallest absolute Gasteiger partial charge is 0.317 e. The van der Waals surface area contributed by atoms with Crippen LogP contribution in [0.15, 0.2) is 29.8 Å². The molecule has 1 aromatic carbocycles. The zero-order valence-corrected chi connectivity index (χ0v) is 12.1. The number of nitrogens with zero attached hydrogens (tertiary/aromatic N) is 3. The number of rotatable bonds is 2. The molecule has 1 aliphatic rings. The molecule has 0 saturated carbocycles. The number of carbonyl (C=O) groups is 1. The molecule has 2 heterocycles. The van der Waals surface area contributed by atoms with Crippen LogP contribution in [0.1, 0.15) is 30.9 Å². The van der Waals surface area contributed by atoms with E-state index in [0.29, 0.717) is 11.7 Å². The Kier molecular flexibility index (Phi) is 4.10. The van der Waals surface area contributed by atoms with Gasteiger partial charge in [0.1, 0.15) is 11.3 Å². The van der Waals surface area contributed by atoms with Gasteiger partial charge in [0.15, 0.2) is 0 Å². The van der Waals surface area contributed by atoms with Gasteiger partial charge < -0.3 is 4.90 Å². The molecule has 0 unspecified atom stereocenters. The molecule has 2 amide bonds. The minimum Gasteiger partial charge on any atom is -0.317 e. The normalized spacial score (nSPS) is 18.5. The molecule has 1 saturated heterocycles. The third-order valence-electron chi connectivity index (χ3n) is 3.57. The van der Waals surface area contributed by atoms with Gasteiger partial charge >= 0.3 is 6.03 Å². The molecular formula is C14H15FN4OS. The molecule has 1 fully saturated rings. The van der Waals surface area contributed by atoms with Gasteiger partial charge in [0.25, 0.3) is 0 Å². The van der Waals surface area contributed by atoms with Crippen molar-refractivity contribution in [1.29, 1.82) is 0 Å². The van der Waals surface area contributed by atoms with Crippen molar-refractivity contribution in [1.82, 2.24) is 15.1 Å². The van der Waals surface area contributed by atoms with Crippen molar-refractivity contribution in [2.24, 2.45) is 0 Å². The number of piperidine rings is 1. The summed E-state index contributed by atoms with van der Waals surface area (Å²) in [6, 6.07) is 6.16. The fourth-order valence-electron chi connectivity index (χ4n) is 2.63. The molecule has 0 radical (unpaired) electrons. The Morgan fingerprint density at radius 1 is 1.43 bits per heavy atom. The third kappa shape index (κ3) is 3.18. The average Bonchev–Trinajstić information content (AvgIpc) is 3.00. The van der Waals surface area contributed by atoms with Gasteiger partial charge in [0, 0.05) is 6.54 Å². The number of halogens is 1. The summed E-state index contributed by atoms with van der Waals surface area (Å²) >= 11 is 1.27. The zero-order chi connectivity index (χ0) is 14.7. The van der Waals surface area contributed by atoms with E-state index in [9.17, 15) is 9.18 Å². The van der Waals surface area contributed by atoms with Crippen molar-refractivity contribution in [2.45, 2.75) is 25.3 Å². The van der Waals surface area contributed by atoms with E-state index in [4.69, 9.17) is 0 Å². The highest BCUT2D eigenvalue weighted by atomic mass is 32.1. The van der Waals surface area contributed by atoms with Crippen molar-refractivity contribution >= 4 is 22.5 Å². The van der Waals surface area contributed by atoms with Crippen molar-refractivity contribution < 1.29 is 9.18 Å². The van der Waals surface area contributed by atoms with E-state index < -0.39 is 0 Å². The lowest BCUT2D eigenvalue weighted by molar-refractivity contribution is 0.163. The molecule has 7 heteroatoms. The Morgan fingerprint density at radius 3 is 3.10 bits per heavy atom. The number of carbonyl (C=O) groups excluding carboxylic acids is 1. The number of aromatic nitrogens is 2. The third-order valence-corrected chi connectivity index (χ3v) is 4.18. The SMILES string of the molecule is O=C(Nc1nncs1)N1CCCC[C@H]1c1cccc(F)c1. The van der Waals surface area contributed by atoms with Crippen LogP contribution >= 0.6 is 11.3 Å². The number of anilines is 1. The minimum atomic E-state index is -0.275. The molecule has 0 bridgehead atoms. The van der Waals surface area contributed by atoms with E-state index in [0.717, 1.165) is 24.8 Å². The second-order valence-corrected chi connectivity index (χ2v) is 5.77. The highest BCUT2D eigenvalue weighted by Gasteiger charge is 2.28. The van der Waals surface area contributed by atoms with Crippen LogP contribution < -0.4 is 5.32 Å². The van der Waals surface area contributed by atoms with Crippen LogP contribution in [0.5, 0.6) is 0 Å². The maximum atomic E-state index is 13.4. The molecule has 21 heavy (non-hydrogen) atoms. The monoisotopic (exact) mass is 306 g/mol. The average molecular weight is 306 g/mol. The summed E-state index contributed by atoms with van der Waals surface area (Å²) in [6.07, 6.45) is 2.83. The molecular weight excluding hydrogens is 291 g/mol. The summed E-state index contributed by atoms with van der Waals surface area (Å²) in [6.45, 7) is 0.659. The van der Waals surface area contributed by atoms with Gasteiger partial charge in [-0.1, -0.05) is 23.5 Å². The lowest BCUT2D eigenvalue weighted by Crippen LogP contribution is -2.41. The number of nitrogens with one attached hydrogen (secondary N) is 1. The number of urea groups is 1. The summed E-state index contributed by atoms with van der Waals surface area (Å²) in [5.74, 6) is -0.275. The van der Waals surface area contributed by atoms with Crippen molar-refractivity contribution in [3.8, 4) is 0 Å². The van der Waals surface area contributed by atoms with Crippen LogP contribution in [0.4, 0.5) is 14.3 Å². The molecule has 1 aliphatic heterocycles. The van der Waals surface area contributed by atoms with Gasteiger partial charge in [-0.3, -0.25) is 5.32 Å². The number of likely N-dealkylation sites (tertiary alicyclic amines) is 1. The topological polar surface area (TPSA) is 58.1 Å². The largest absolute Gasteiger partial charge is 0.324 e. The van der Waals surface area contributed by atoms with Crippen molar-refractivity contribution in [3.63, 3.8) is 0 Å². The van der Waals surface area contributed by atoms with Crippen LogP contribution in [-0.4, -0.2) is 27.7 Å². The second kappa shape index (κ2) is 6.17. The molecule has 1 aromatic heterocycles. The van der Waals surface area contributed by atoms with Gasteiger partial charge in [-0.2, -0.15) is 0 Å². The van der Waals surface area contributed by atoms with Gasteiger partial charge in [-0.25, -0.2) is 9.18 Å². The maximum absolute atomic E-state index is 13.4. The first-order chi connectivity index (χ1) is 10.2. The highest BCUT2D eigenvalue weighted by Crippen LogP contribution is 2.31. The molecule has 1 atom stereocenters. The van der Waals surface area contributed by atoms with Gasteiger partial charge in [-0.15, -0.1) is 10.2 Å². The van der Waals surface area contributed by atoms with Gasteiger partial charge in [0.05, 0.1) is 6.04 Å². The minimum absolute atomic E-state index is 0.0950.